The number of rotatable bonds is 7. The third-order valence-corrected chi connectivity index (χ3v) is 3.88. The molecule has 4 nitrogen and oxygen atoms in total. The SMILES string of the molecule is CCC(CC)CNCC(O)c1ccc2c(c1)OCCO2. The van der Waals surface area contributed by atoms with E-state index in [-0.39, 0.29) is 0 Å². The van der Waals surface area contributed by atoms with Crippen molar-refractivity contribution in [2.75, 3.05) is 26.3 Å². The topological polar surface area (TPSA) is 50.7 Å². The molecular formula is C16H25NO3. The average Bonchev–Trinajstić information content (AvgIpc) is 2.51. The van der Waals surface area contributed by atoms with Crippen LogP contribution in [0.15, 0.2) is 18.2 Å². The van der Waals surface area contributed by atoms with Gasteiger partial charge in [0.05, 0.1) is 6.10 Å². The van der Waals surface area contributed by atoms with Crippen molar-refractivity contribution < 1.29 is 14.6 Å². The maximum Gasteiger partial charge on any atom is 0.161 e. The van der Waals surface area contributed by atoms with Crippen molar-refractivity contribution in [3.05, 3.63) is 23.8 Å². The molecular weight excluding hydrogens is 254 g/mol. The summed E-state index contributed by atoms with van der Waals surface area (Å²) < 4.78 is 11.0. The van der Waals surface area contributed by atoms with E-state index in [1.54, 1.807) is 0 Å². The van der Waals surface area contributed by atoms with E-state index in [1.165, 1.54) is 12.8 Å². The summed E-state index contributed by atoms with van der Waals surface area (Å²) in [5.74, 6) is 2.17. The summed E-state index contributed by atoms with van der Waals surface area (Å²) in [5.41, 5.74) is 0.867. The molecule has 0 spiro atoms. The van der Waals surface area contributed by atoms with Gasteiger partial charge in [0, 0.05) is 6.54 Å². The van der Waals surface area contributed by atoms with Gasteiger partial charge in [-0.1, -0.05) is 32.8 Å². The van der Waals surface area contributed by atoms with Gasteiger partial charge in [0.25, 0.3) is 0 Å². The van der Waals surface area contributed by atoms with Crippen molar-refractivity contribution in [1.29, 1.82) is 0 Å². The molecule has 1 aromatic rings. The second kappa shape index (κ2) is 7.50. The molecule has 1 unspecified atom stereocenters. The first-order chi connectivity index (χ1) is 9.74. The molecule has 0 aliphatic carbocycles. The molecule has 1 aliphatic heterocycles. The van der Waals surface area contributed by atoms with Crippen LogP contribution in [0.1, 0.15) is 38.4 Å². The molecule has 1 atom stereocenters. The molecule has 0 amide bonds. The number of nitrogens with one attached hydrogen (secondary N) is 1. The minimum absolute atomic E-state index is 0.514. The normalized spacial score (nSPS) is 15.4. The van der Waals surface area contributed by atoms with Crippen LogP contribution in [0.2, 0.25) is 0 Å². The largest absolute Gasteiger partial charge is 0.486 e. The molecule has 0 aromatic heterocycles. The lowest BCUT2D eigenvalue weighted by molar-refractivity contribution is 0.162. The van der Waals surface area contributed by atoms with Gasteiger partial charge in [-0.05, 0) is 30.2 Å². The number of aliphatic hydroxyl groups excluding tert-OH is 1. The Hall–Kier alpha value is -1.26. The van der Waals surface area contributed by atoms with E-state index in [9.17, 15) is 5.11 Å². The van der Waals surface area contributed by atoms with Crippen LogP contribution in [0.5, 0.6) is 11.5 Å². The van der Waals surface area contributed by atoms with E-state index in [0.29, 0.717) is 25.7 Å². The van der Waals surface area contributed by atoms with Crippen molar-refractivity contribution in [1.82, 2.24) is 5.32 Å². The highest BCUT2D eigenvalue weighted by atomic mass is 16.6. The predicted octanol–water partition coefficient (Wildman–Crippen LogP) is 2.52. The summed E-state index contributed by atoms with van der Waals surface area (Å²) in [6.07, 6.45) is 1.83. The zero-order valence-corrected chi connectivity index (χ0v) is 12.4. The Labute approximate surface area is 121 Å². The van der Waals surface area contributed by atoms with Crippen LogP contribution in [0.4, 0.5) is 0 Å². The highest BCUT2D eigenvalue weighted by molar-refractivity contribution is 5.44. The molecule has 0 radical (unpaired) electrons. The van der Waals surface area contributed by atoms with Crippen LogP contribution in [0.3, 0.4) is 0 Å². The summed E-state index contributed by atoms with van der Waals surface area (Å²) in [4.78, 5) is 0. The average molecular weight is 279 g/mol. The first-order valence-corrected chi connectivity index (χ1v) is 7.52. The van der Waals surface area contributed by atoms with Gasteiger partial charge in [0.1, 0.15) is 13.2 Å². The third kappa shape index (κ3) is 3.87. The van der Waals surface area contributed by atoms with E-state index < -0.39 is 6.10 Å². The van der Waals surface area contributed by atoms with Gasteiger partial charge in [0.15, 0.2) is 11.5 Å². The van der Waals surface area contributed by atoms with E-state index in [4.69, 9.17) is 9.47 Å². The number of hydrogen-bond acceptors (Lipinski definition) is 4. The molecule has 0 fully saturated rings. The molecule has 4 heteroatoms. The lowest BCUT2D eigenvalue weighted by Gasteiger charge is -2.21. The quantitative estimate of drug-likeness (QED) is 0.805. The van der Waals surface area contributed by atoms with Gasteiger partial charge in [-0.25, -0.2) is 0 Å². The number of fused-ring (bicyclic) bond motifs is 1. The Bertz CT molecular complexity index is 418. The van der Waals surface area contributed by atoms with Crippen molar-refractivity contribution in [3.8, 4) is 11.5 Å². The zero-order chi connectivity index (χ0) is 14.4. The highest BCUT2D eigenvalue weighted by Crippen LogP contribution is 2.32. The molecule has 1 heterocycles. The smallest absolute Gasteiger partial charge is 0.161 e. The number of benzene rings is 1. The molecule has 20 heavy (non-hydrogen) atoms. The van der Waals surface area contributed by atoms with Gasteiger partial charge in [0.2, 0.25) is 0 Å². The number of ether oxygens (including phenoxy) is 2. The van der Waals surface area contributed by atoms with Crippen molar-refractivity contribution in [3.63, 3.8) is 0 Å². The van der Waals surface area contributed by atoms with Crippen molar-refractivity contribution in [2.24, 2.45) is 5.92 Å². The second-order valence-electron chi connectivity index (χ2n) is 5.26. The predicted molar refractivity (Wildman–Crippen MR) is 79.3 cm³/mol. The fourth-order valence-electron chi connectivity index (χ4n) is 2.39. The fraction of sp³-hybridized carbons (Fsp3) is 0.625. The Morgan fingerprint density at radius 2 is 1.80 bits per heavy atom. The summed E-state index contributed by atoms with van der Waals surface area (Å²) in [6.45, 7) is 7.08. The number of hydrogen-bond donors (Lipinski definition) is 2. The fourth-order valence-corrected chi connectivity index (χ4v) is 2.39. The van der Waals surface area contributed by atoms with Crippen LogP contribution in [0.25, 0.3) is 0 Å². The standard InChI is InChI=1S/C16H25NO3/c1-3-12(4-2)10-17-11-14(18)13-5-6-15-16(9-13)20-8-7-19-15/h5-6,9,12,14,17-18H,3-4,7-8,10-11H2,1-2H3. The van der Waals surface area contributed by atoms with Crippen LogP contribution in [-0.4, -0.2) is 31.4 Å². The summed E-state index contributed by atoms with van der Waals surface area (Å²) >= 11 is 0. The molecule has 1 aliphatic rings. The summed E-state index contributed by atoms with van der Waals surface area (Å²) in [7, 11) is 0. The maximum atomic E-state index is 10.2. The Kier molecular flexibility index (Phi) is 5.68. The van der Waals surface area contributed by atoms with E-state index in [1.807, 2.05) is 18.2 Å². The monoisotopic (exact) mass is 279 g/mol. The van der Waals surface area contributed by atoms with Gasteiger partial charge in [-0.2, -0.15) is 0 Å². The molecule has 112 valence electrons. The molecule has 0 saturated heterocycles. The molecule has 0 saturated carbocycles. The summed E-state index contributed by atoms with van der Waals surface area (Å²) in [5, 5.41) is 13.6. The van der Waals surface area contributed by atoms with Gasteiger partial charge < -0.3 is 19.9 Å². The minimum atomic E-state index is -0.514. The Morgan fingerprint density at radius 1 is 1.10 bits per heavy atom. The lowest BCUT2D eigenvalue weighted by atomic mass is 10.0. The maximum absolute atomic E-state index is 10.2. The van der Waals surface area contributed by atoms with E-state index in [2.05, 4.69) is 19.2 Å². The van der Waals surface area contributed by atoms with E-state index >= 15 is 0 Å². The third-order valence-electron chi connectivity index (χ3n) is 3.88. The Balaban J connectivity index is 1.87. The van der Waals surface area contributed by atoms with Crippen LogP contribution in [0, 0.1) is 5.92 Å². The molecule has 0 bridgehead atoms. The molecule has 2 rings (SSSR count). The van der Waals surface area contributed by atoms with Gasteiger partial charge >= 0.3 is 0 Å². The van der Waals surface area contributed by atoms with Gasteiger partial charge in [-0.3, -0.25) is 0 Å². The zero-order valence-electron chi connectivity index (χ0n) is 12.4. The molecule has 2 N–H and O–H groups in total. The van der Waals surface area contributed by atoms with E-state index in [0.717, 1.165) is 23.6 Å². The summed E-state index contributed by atoms with van der Waals surface area (Å²) in [6, 6.07) is 5.64. The second-order valence-corrected chi connectivity index (χ2v) is 5.26. The first-order valence-electron chi connectivity index (χ1n) is 7.52. The minimum Gasteiger partial charge on any atom is -0.486 e. The number of aliphatic hydroxyl groups is 1. The first kappa shape index (κ1) is 15.1. The van der Waals surface area contributed by atoms with Crippen molar-refractivity contribution in [2.45, 2.75) is 32.8 Å². The van der Waals surface area contributed by atoms with Crippen LogP contribution < -0.4 is 14.8 Å². The Morgan fingerprint density at radius 3 is 2.50 bits per heavy atom. The molecule has 1 aromatic carbocycles. The van der Waals surface area contributed by atoms with Crippen molar-refractivity contribution >= 4 is 0 Å². The van der Waals surface area contributed by atoms with Gasteiger partial charge in [-0.15, -0.1) is 0 Å². The highest BCUT2D eigenvalue weighted by Gasteiger charge is 2.15. The van der Waals surface area contributed by atoms with Crippen LogP contribution >= 0.6 is 0 Å². The van der Waals surface area contributed by atoms with Crippen LogP contribution in [-0.2, 0) is 0 Å². The lowest BCUT2D eigenvalue weighted by Crippen LogP contribution is -2.27.